The summed E-state index contributed by atoms with van der Waals surface area (Å²) in [7, 11) is 0. The molecule has 0 fully saturated rings. The first-order valence-corrected chi connectivity index (χ1v) is 10.4. The maximum Gasteiger partial charge on any atom is 0.433 e. The molecule has 0 saturated heterocycles. The number of amides is 1. The van der Waals surface area contributed by atoms with E-state index in [1.165, 1.54) is 24.4 Å². The molecule has 2 heterocycles. The lowest BCUT2D eigenvalue weighted by molar-refractivity contribution is -0.141. The highest BCUT2D eigenvalue weighted by molar-refractivity contribution is 6.35. The number of hydrogen-bond donors (Lipinski definition) is 3. The Balaban J connectivity index is 1.77. The van der Waals surface area contributed by atoms with Crippen molar-refractivity contribution in [2.45, 2.75) is 6.18 Å². The monoisotopic (exact) mass is 520 g/mol. The highest BCUT2D eigenvalue weighted by atomic mass is 35.5. The van der Waals surface area contributed by atoms with Crippen molar-refractivity contribution in [3.8, 4) is 22.3 Å². The van der Waals surface area contributed by atoms with Crippen molar-refractivity contribution in [3.05, 3.63) is 99.2 Å². The number of nitrogens with zero attached hydrogens (tertiary/aromatic N) is 1. The second-order valence-corrected chi connectivity index (χ2v) is 7.93. The van der Waals surface area contributed by atoms with E-state index in [9.17, 15) is 27.2 Å². The number of aromatic nitrogens is 2. The number of nitrogen functional groups attached to an aromatic ring is 1. The van der Waals surface area contributed by atoms with Crippen molar-refractivity contribution in [1.29, 1.82) is 0 Å². The van der Waals surface area contributed by atoms with E-state index in [0.717, 1.165) is 30.5 Å². The Bertz CT molecular complexity index is 1550. The molecule has 4 N–H and O–H groups in total. The number of pyridine rings is 2. The van der Waals surface area contributed by atoms with E-state index in [4.69, 9.17) is 17.3 Å². The van der Waals surface area contributed by atoms with Gasteiger partial charge in [-0.25, -0.2) is 8.78 Å². The van der Waals surface area contributed by atoms with E-state index in [1.54, 1.807) is 0 Å². The molecule has 0 spiro atoms. The number of anilines is 2. The zero-order valence-corrected chi connectivity index (χ0v) is 18.6. The van der Waals surface area contributed by atoms with Crippen molar-refractivity contribution in [2.75, 3.05) is 11.1 Å². The smallest absolute Gasteiger partial charge is 0.396 e. The van der Waals surface area contributed by atoms with Crippen LogP contribution in [0.2, 0.25) is 5.02 Å². The minimum absolute atomic E-state index is 0.129. The quantitative estimate of drug-likeness (QED) is 0.231. The molecule has 6 nitrogen and oxygen atoms in total. The highest BCUT2D eigenvalue weighted by Crippen LogP contribution is 2.39. The number of nitrogens with two attached hydrogens (primary N) is 1. The normalized spacial score (nSPS) is 11.4. The maximum absolute atomic E-state index is 15.4. The molecular formula is C24H14ClF5N4O2. The summed E-state index contributed by atoms with van der Waals surface area (Å²) in [6.45, 7) is 0. The lowest BCUT2D eigenvalue weighted by Gasteiger charge is -2.16. The van der Waals surface area contributed by atoms with E-state index in [0.29, 0.717) is 6.07 Å². The summed E-state index contributed by atoms with van der Waals surface area (Å²) in [5.74, 6) is -2.79. The average Bonchev–Trinajstić information content (AvgIpc) is 2.81. The Labute approximate surface area is 204 Å². The van der Waals surface area contributed by atoms with Crippen molar-refractivity contribution in [3.63, 3.8) is 0 Å². The average molecular weight is 521 g/mol. The lowest BCUT2D eigenvalue weighted by Crippen LogP contribution is -2.17. The third-order valence-electron chi connectivity index (χ3n) is 5.15. The molecule has 0 unspecified atom stereocenters. The van der Waals surface area contributed by atoms with Gasteiger partial charge < -0.3 is 16.0 Å². The third kappa shape index (κ3) is 4.91. The fourth-order valence-electron chi connectivity index (χ4n) is 3.53. The van der Waals surface area contributed by atoms with Crippen molar-refractivity contribution < 1.29 is 26.7 Å². The summed E-state index contributed by atoms with van der Waals surface area (Å²) in [4.78, 5) is 30.1. The molecule has 0 aliphatic rings. The molecule has 2 aromatic carbocycles. The molecule has 0 radical (unpaired) electrons. The molecule has 0 aliphatic carbocycles. The fraction of sp³-hybridized carbons (Fsp3) is 0.0417. The van der Waals surface area contributed by atoms with Crippen molar-refractivity contribution in [2.24, 2.45) is 0 Å². The van der Waals surface area contributed by atoms with Crippen LogP contribution in [0.5, 0.6) is 0 Å². The van der Waals surface area contributed by atoms with Crippen LogP contribution in [0, 0.1) is 11.6 Å². The third-order valence-corrected chi connectivity index (χ3v) is 5.44. The van der Waals surface area contributed by atoms with Crippen LogP contribution in [-0.2, 0) is 6.18 Å². The minimum Gasteiger partial charge on any atom is -0.396 e. The van der Waals surface area contributed by atoms with Gasteiger partial charge in [0.1, 0.15) is 11.5 Å². The first kappa shape index (κ1) is 24.9. The molecule has 0 atom stereocenters. The van der Waals surface area contributed by atoms with E-state index < -0.39 is 46.2 Å². The summed E-state index contributed by atoms with van der Waals surface area (Å²) in [5, 5.41) is 1.88. The molecular weight excluding hydrogens is 507 g/mol. The molecule has 4 rings (SSSR count). The van der Waals surface area contributed by atoms with Crippen LogP contribution >= 0.6 is 11.6 Å². The van der Waals surface area contributed by atoms with Crippen LogP contribution in [-0.4, -0.2) is 15.9 Å². The lowest BCUT2D eigenvalue weighted by atomic mass is 9.93. The van der Waals surface area contributed by atoms with Crippen LogP contribution in [0.25, 0.3) is 22.3 Å². The highest BCUT2D eigenvalue weighted by Gasteiger charge is 2.33. The summed E-state index contributed by atoms with van der Waals surface area (Å²) in [6, 6.07) is 8.87. The topological polar surface area (TPSA) is 101 Å². The minimum atomic E-state index is -4.75. The number of alkyl halides is 3. The second-order valence-electron chi connectivity index (χ2n) is 7.52. The Hall–Kier alpha value is -4.25. The number of carbonyl (C=O) groups excluding carboxylic acids is 1. The van der Waals surface area contributed by atoms with Crippen LogP contribution in [0.3, 0.4) is 0 Å². The van der Waals surface area contributed by atoms with Gasteiger partial charge in [0.25, 0.3) is 5.91 Å². The van der Waals surface area contributed by atoms with Gasteiger partial charge in [-0.2, -0.15) is 13.2 Å². The van der Waals surface area contributed by atoms with Gasteiger partial charge in [0, 0.05) is 29.7 Å². The van der Waals surface area contributed by atoms with Crippen molar-refractivity contribution in [1.82, 2.24) is 9.97 Å². The Morgan fingerprint density at radius 3 is 2.44 bits per heavy atom. The van der Waals surface area contributed by atoms with Gasteiger partial charge in [-0.15, -0.1) is 0 Å². The van der Waals surface area contributed by atoms with E-state index in [2.05, 4.69) is 15.3 Å². The fourth-order valence-corrected chi connectivity index (χ4v) is 3.83. The Kier molecular flexibility index (Phi) is 6.51. The number of halogens is 6. The summed E-state index contributed by atoms with van der Waals surface area (Å²) < 4.78 is 68.2. The number of hydrogen-bond acceptors (Lipinski definition) is 4. The summed E-state index contributed by atoms with van der Waals surface area (Å²) >= 11 is 6.25. The van der Waals surface area contributed by atoms with E-state index in [1.807, 2.05) is 0 Å². The van der Waals surface area contributed by atoms with Gasteiger partial charge in [-0.05, 0) is 53.1 Å². The summed E-state index contributed by atoms with van der Waals surface area (Å²) in [5.41, 5.74) is 3.08. The van der Waals surface area contributed by atoms with E-state index >= 15 is 4.39 Å². The largest absolute Gasteiger partial charge is 0.433 e. The van der Waals surface area contributed by atoms with E-state index in [-0.39, 0.29) is 33.0 Å². The molecule has 0 bridgehead atoms. The molecule has 4 aromatic rings. The standard InChI is InChI=1S/C24H14ClF5N4O2/c25-17-10-16(14-2-1-12(26)8-15(14)11-3-5-33-19(35)7-11)21(27)22(31)20(17)23(36)34-13-4-6-32-18(9-13)24(28,29)30/h1-10H,31H2,(H,33,35)(H,32,34,36). The molecule has 0 saturated carbocycles. The number of rotatable bonds is 4. The zero-order chi connectivity index (χ0) is 26.2. The van der Waals surface area contributed by atoms with Gasteiger partial charge in [0.05, 0.1) is 16.3 Å². The second kappa shape index (κ2) is 9.42. The van der Waals surface area contributed by atoms with Crippen LogP contribution in [0.4, 0.5) is 33.3 Å². The first-order valence-electron chi connectivity index (χ1n) is 10.1. The number of aromatic amines is 1. The number of benzene rings is 2. The number of carbonyl (C=O) groups is 1. The molecule has 184 valence electrons. The molecule has 1 amide bonds. The van der Waals surface area contributed by atoms with Crippen LogP contribution < -0.4 is 16.6 Å². The van der Waals surface area contributed by atoms with Gasteiger partial charge in [-0.3, -0.25) is 14.6 Å². The Morgan fingerprint density at radius 2 is 1.75 bits per heavy atom. The molecule has 36 heavy (non-hydrogen) atoms. The zero-order valence-electron chi connectivity index (χ0n) is 17.9. The molecule has 2 aromatic heterocycles. The van der Waals surface area contributed by atoms with Gasteiger partial charge in [0.15, 0.2) is 5.82 Å². The number of H-pyrrole nitrogens is 1. The van der Waals surface area contributed by atoms with Gasteiger partial charge >= 0.3 is 6.18 Å². The number of nitrogens with one attached hydrogen (secondary N) is 2. The Morgan fingerprint density at radius 1 is 1.00 bits per heavy atom. The van der Waals surface area contributed by atoms with Crippen molar-refractivity contribution >= 4 is 28.9 Å². The SMILES string of the molecule is Nc1c(F)c(-c2ccc(F)cc2-c2cc[nH]c(=O)c2)cc(Cl)c1C(=O)Nc1ccnc(C(F)(F)F)c1. The van der Waals surface area contributed by atoms with Crippen LogP contribution in [0.1, 0.15) is 16.1 Å². The first-order chi connectivity index (χ1) is 17.0. The molecule has 12 heteroatoms. The molecule has 0 aliphatic heterocycles. The van der Waals surface area contributed by atoms with Gasteiger partial charge in [-0.1, -0.05) is 17.7 Å². The maximum atomic E-state index is 15.4. The predicted molar refractivity (Wildman–Crippen MR) is 124 cm³/mol. The predicted octanol–water partition coefficient (Wildman–Crippen LogP) is 5.89. The van der Waals surface area contributed by atoms with Gasteiger partial charge in [0.2, 0.25) is 5.56 Å². The summed E-state index contributed by atoms with van der Waals surface area (Å²) in [6.07, 6.45) is -2.57. The van der Waals surface area contributed by atoms with Crippen LogP contribution in [0.15, 0.2) is 65.7 Å².